The van der Waals surface area contributed by atoms with Crippen LogP contribution in [0.5, 0.6) is 0 Å². The number of aryl methyl sites for hydroxylation is 1. The lowest BCUT2D eigenvalue weighted by molar-refractivity contribution is 0.248. The van der Waals surface area contributed by atoms with Crippen LogP contribution in [0.25, 0.3) is 0 Å². The third kappa shape index (κ3) is 3.90. The molecule has 2 amide bonds. The number of urea groups is 1. The zero-order chi connectivity index (χ0) is 16.9. The average molecular weight is 328 g/mol. The third-order valence-electron chi connectivity index (χ3n) is 4.39. The summed E-state index contributed by atoms with van der Waals surface area (Å²) in [7, 11) is 0. The van der Waals surface area contributed by atoms with Crippen LogP contribution in [0.4, 0.5) is 10.6 Å². The number of carbonyl (C=O) groups excluding carboxylic acids is 1. The molecule has 0 radical (unpaired) electrons. The Balaban J connectivity index is 1.59. The highest BCUT2D eigenvalue weighted by Crippen LogP contribution is 2.32. The van der Waals surface area contributed by atoms with E-state index in [1.165, 1.54) is 12.8 Å². The minimum atomic E-state index is -0.214. The van der Waals surface area contributed by atoms with Crippen LogP contribution in [0.1, 0.15) is 49.9 Å². The maximum atomic E-state index is 12.3. The summed E-state index contributed by atoms with van der Waals surface area (Å²) in [5, 5.41) is 10.4. The van der Waals surface area contributed by atoms with E-state index in [0.29, 0.717) is 12.5 Å². The zero-order valence-corrected chi connectivity index (χ0v) is 14.2. The van der Waals surface area contributed by atoms with E-state index >= 15 is 0 Å². The fraction of sp³-hybridized carbons (Fsp3) is 0.529. The van der Waals surface area contributed by atoms with Gasteiger partial charge in [0.1, 0.15) is 5.82 Å². The first-order valence-electron chi connectivity index (χ1n) is 8.50. The molecule has 2 N–H and O–H groups in total. The second-order valence-corrected chi connectivity index (χ2v) is 6.46. The smallest absolute Gasteiger partial charge is 0.320 e. The van der Waals surface area contributed by atoms with Gasteiger partial charge in [-0.2, -0.15) is 5.10 Å². The molecule has 7 nitrogen and oxygen atoms in total. The standard InChI is InChI=1S/C17H24N6O/c1-12-10-20-23(15-5-3-4-6-15)16(12)22-17(24)21-13(2)9-14-11-18-7-8-19-14/h7-8,10-11,13,15H,3-6,9H2,1-2H3,(H2,21,22,24)/t13-/m0/s1. The number of carbonyl (C=O) groups is 1. The van der Waals surface area contributed by atoms with E-state index in [1.807, 2.05) is 24.7 Å². The van der Waals surface area contributed by atoms with Crippen LogP contribution in [0.2, 0.25) is 0 Å². The summed E-state index contributed by atoms with van der Waals surface area (Å²) < 4.78 is 1.97. The molecule has 0 aliphatic heterocycles. The van der Waals surface area contributed by atoms with Crippen molar-refractivity contribution in [1.82, 2.24) is 25.1 Å². The van der Waals surface area contributed by atoms with Crippen molar-refractivity contribution in [2.75, 3.05) is 5.32 Å². The quantitative estimate of drug-likeness (QED) is 0.884. The number of anilines is 1. The predicted octanol–water partition coefficient (Wildman–Crippen LogP) is 2.85. The molecule has 7 heteroatoms. The van der Waals surface area contributed by atoms with Gasteiger partial charge in [0.25, 0.3) is 0 Å². The van der Waals surface area contributed by atoms with Gasteiger partial charge in [0.05, 0.1) is 17.9 Å². The van der Waals surface area contributed by atoms with Gasteiger partial charge in [0.2, 0.25) is 0 Å². The molecule has 128 valence electrons. The van der Waals surface area contributed by atoms with Crippen molar-refractivity contribution in [3.8, 4) is 0 Å². The normalized spacial score (nSPS) is 16.1. The average Bonchev–Trinajstić information content (AvgIpc) is 3.19. The lowest BCUT2D eigenvalue weighted by atomic mass is 10.2. The van der Waals surface area contributed by atoms with E-state index in [4.69, 9.17) is 0 Å². The van der Waals surface area contributed by atoms with Crippen molar-refractivity contribution in [3.05, 3.63) is 36.0 Å². The molecule has 2 aromatic heterocycles. The molecule has 0 saturated heterocycles. The molecule has 0 spiro atoms. The topological polar surface area (TPSA) is 84.7 Å². The van der Waals surface area contributed by atoms with Gasteiger partial charge in [0.15, 0.2) is 0 Å². The molecule has 2 aromatic rings. The SMILES string of the molecule is Cc1cnn(C2CCCC2)c1NC(=O)N[C@@H](C)Cc1cnccn1. The summed E-state index contributed by atoms with van der Waals surface area (Å²) in [4.78, 5) is 20.6. The van der Waals surface area contributed by atoms with Gasteiger partial charge in [-0.15, -0.1) is 0 Å². The fourth-order valence-corrected chi connectivity index (χ4v) is 3.20. The lowest BCUT2D eigenvalue weighted by Gasteiger charge is -2.18. The van der Waals surface area contributed by atoms with Gasteiger partial charge in [-0.1, -0.05) is 12.8 Å². The van der Waals surface area contributed by atoms with Gasteiger partial charge < -0.3 is 5.32 Å². The Bertz CT molecular complexity index is 678. The number of aromatic nitrogens is 4. The van der Waals surface area contributed by atoms with Crippen LogP contribution >= 0.6 is 0 Å². The number of hydrogen-bond acceptors (Lipinski definition) is 4. The second-order valence-electron chi connectivity index (χ2n) is 6.46. The van der Waals surface area contributed by atoms with Gasteiger partial charge in [-0.3, -0.25) is 15.3 Å². The molecule has 0 unspecified atom stereocenters. The Morgan fingerprint density at radius 1 is 1.33 bits per heavy atom. The van der Waals surface area contributed by atoms with Gasteiger partial charge in [0, 0.05) is 36.6 Å². The molecule has 0 bridgehead atoms. The summed E-state index contributed by atoms with van der Waals surface area (Å²) in [6, 6.07) is 0.144. The second kappa shape index (κ2) is 7.42. The van der Waals surface area contributed by atoms with E-state index in [0.717, 1.165) is 29.9 Å². The molecule has 1 saturated carbocycles. The summed E-state index contributed by atoms with van der Waals surface area (Å²) in [6.07, 6.45) is 12.2. The van der Waals surface area contributed by atoms with Crippen LogP contribution in [0.15, 0.2) is 24.8 Å². The number of nitrogens with one attached hydrogen (secondary N) is 2. The highest BCUT2D eigenvalue weighted by atomic mass is 16.2. The number of amides is 2. The Morgan fingerprint density at radius 3 is 2.83 bits per heavy atom. The van der Waals surface area contributed by atoms with E-state index in [-0.39, 0.29) is 12.1 Å². The molecule has 1 aliphatic carbocycles. The minimum Gasteiger partial charge on any atom is -0.335 e. The Hall–Kier alpha value is -2.44. The maximum Gasteiger partial charge on any atom is 0.320 e. The Kier molecular flexibility index (Phi) is 5.08. The third-order valence-corrected chi connectivity index (χ3v) is 4.39. The molecule has 24 heavy (non-hydrogen) atoms. The first-order chi connectivity index (χ1) is 11.6. The molecule has 2 heterocycles. The van der Waals surface area contributed by atoms with E-state index < -0.39 is 0 Å². The summed E-state index contributed by atoms with van der Waals surface area (Å²) in [5.41, 5.74) is 1.84. The van der Waals surface area contributed by atoms with Crippen molar-refractivity contribution >= 4 is 11.8 Å². The lowest BCUT2D eigenvalue weighted by Crippen LogP contribution is -2.38. The van der Waals surface area contributed by atoms with Crippen LogP contribution in [0.3, 0.4) is 0 Å². The van der Waals surface area contributed by atoms with E-state index in [9.17, 15) is 4.79 Å². The largest absolute Gasteiger partial charge is 0.335 e. The van der Waals surface area contributed by atoms with Gasteiger partial charge in [-0.05, 0) is 26.7 Å². The Morgan fingerprint density at radius 2 is 2.12 bits per heavy atom. The van der Waals surface area contributed by atoms with Gasteiger partial charge in [-0.25, -0.2) is 9.48 Å². The zero-order valence-electron chi connectivity index (χ0n) is 14.2. The van der Waals surface area contributed by atoms with Crippen LogP contribution in [0, 0.1) is 6.92 Å². The number of nitrogens with zero attached hydrogens (tertiary/aromatic N) is 4. The van der Waals surface area contributed by atoms with Crippen LogP contribution in [-0.4, -0.2) is 31.8 Å². The molecule has 1 fully saturated rings. The van der Waals surface area contributed by atoms with Crippen LogP contribution < -0.4 is 10.6 Å². The van der Waals surface area contributed by atoms with Crippen LogP contribution in [-0.2, 0) is 6.42 Å². The first kappa shape index (κ1) is 16.4. The van der Waals surface area contributed by atoms with Gasteiger partial charge >= 0.3 is 6.03 Å². The van der Waals surface area contributed by atoms with Crippen molar-refractivity contribution in [3.63, 3.8) is 0 Å². The fourth-order valence-electron chi connectivity index (χ4n) is 3.20. The molecular weight excluding hydrogens is 304 g/mol. The minimum absolute atomic E-state index is 0.0372. The Labute approximate surface area is 141 Å². The monoisotopic (exact) mass is 328 g/mol. The molecule has 1 aliphatic rings. The summed E-state index contributed by atoms with van der Waals surface area (Å²) in [5.74, 6) is 0.797. The predicted molar refractivity (Wildman–Crippen MR) is 91.8 cm³/mol. The molecule has 0 aromatic carbocycles. The number of rotatable bonds is 5. The van der Waals surface area contributed by atoms with E-state index in [2.05, 4.69) is 25.7 Å². The maximum absolute atomic E-state index is 12.3. The van der Waals surface area contributed by atoms with Crippen molar-refractivity contribution in [1.29, 1.82) is 0 Å². The van der Waals surface area contributed by atoms with Crippen molar-refractivity contribution < 1.29 is 4.79 Å². The van der Waals surface area contributed by atoms with Crippen molar-refractivity contribution in [2.45, 2.75) is 58.0 Å². The summed E-state index contributed by atoms with van der Waals surface area (Å²) in [6.45, 7) is 3.92. The first-order valence-corrected chi connectivity index (χ1v) is 8.50. The highest BCUT2D eigenvalue weighted by Gasteiger charge is 2.22. The van der Waals surface area contributed by atoms with Crippen molar-refractivity contribution in [2.24, 2.45) is 0 Å². The summed E-state index contributed by atoms with van der Waals surface area (Å²) >= 11 is 0. The molecule has 3 rings (SSSR count). The number of hydrogen-bond donors (Lipinski definition) is 2. The molecular formula is C17H24N6O. The molecule has 1 atom stereocenters. The van der Waals surface area contributed by atoms with E-state index in [1.54, 1.807) is 18.6 Å². The highest BCUT2D eigenvalue weighted by molar-refractivity contribution is 5.89.